The molecule has 4 nitrogen and oxygen atoms in total. The Kier molecular flexibility index (Phi) is 3.77. The number of hydrogen-bond acceptors (Lipinski definition) is 3. The summed E-state index contributed by atoms with van der Waals surface area (Å²) in [7, 11) is 0. The van der Waals surface area contributed by atoms with Crippen molar-refractivity contribution in [1.29, 1.82) is 0 Å². The van der Waals surface area contributed by atoms with E-state index in [9.17, 15) is 0 Å². The van der Waals surface area contributed by atoms with E-state index in [1.807, 2.05) is 83.7 Å². The molecule has 0 amide bonds. The molecular formula is C22H15ClN4. The van der Waals surface area contributed by atoms with Crippen molar-refractivity contribution in [2.45, 2.75) is 0 Å². The highest BCUT2D eigenvalue weighted by Crippen LogP contribution is 2.34. The molecule has 3 aromatic carbocycles. The summed E-state index contributed by atoms with van der Waals surface area (Å²) in [5.41, 5.74) is 4.66. The monoisotopic (exact) mass is 370 g/mol. The highest BCUT2D eigenvalue weighted by Gasteiger charge is 2.14. The van der Waals surface area contributed by atoms with Gasteiger partial charge in [-0.05, 0) is 42.5 Å². The van der Waals surface area contributed by atoms with Crippen molar-refractivity contribution in [3.63, 3.8) is 0 Å². The van der Waals surface area contributed by atoms with E-state index in [1.165, 1.54) is 0 Å². The Morgan fingerprint density at radius 2 is 1.52 bits per heavy atom. The maximum absolute atomic E-state index is 6.02. The molecule has 0 aliphatic carbocycles. The molecule has 27 heavy (non-hydrogen) atoms. The zero-order valence-corrected chi connectivity index (χ0v) is 15.1. The molecule has 0 unspecified atom stereocenters. The summed E-state index contributed by atoms with van der Waals surface area (Å²) < 4.78 is 1.87. The first-order valence-electron chi connectivity index (χ1n) is 8.64. The lowest BCUT2D eigenvalue weighted by molar-refractivity contribution is 0.899. The van der Waals surface area contributed by atoms with Crippen LogP contribution in [-0.4, -0.2) is 14.8 Å². The first-order valence-corrected chi connectivity index (χ1v) is 9.02. The van der Waals surface area contributed by atoms with Gasteiger partial charge in [0.2, 0.25) is 0 Å². The molecule has 0 aliphatic heterocycles. The van der Waals surface area contributed by atoms with Crippen molar-refractivity contribution in [1.82, 2.24) is 14.8 Å². The number of aromatic nitrogens is 3. The van der Waals surface area contributed by atoms with Crippen molar-refractivity contribution in [3.8, 4) is 5.69 Å². The zero-order valence-electron chi connectivity index (χ0n) is 14.3. The van der Waals surface area contributed by atoms with E-state index in [0.29, 0.717) is 5.02 Å². The number of nitrogens with zero attached hydrogens (tertiary/aromatic N) is 3. The molecule has 0 bridgehead atoms. The molecule has 5 aromatic rings. The summed E-state index contributed by atoms with van der Waals surface area (Å²) in [4.78, 5) is 4.87. The molecule has 5 heteroatoms. The van der Waals surface area contributed by atoms with Gasteiger partial charge < -0.3 is 5.32 Å². The van der Waals surface area contributed by atoms with Crippen LogP contribution in [-0.2, 0) is 0 Å². The number of hydrogen-bond donors (Lipinski definition) is 1. The van der Waals surface area contributed by atoms with E-state index in [4.69, 9.17) is 16.6 Å². The predicted octanol–water partition coefficient (Wildman–Crippen LogP) is 5.97. The fourth-order valence-electron chi connectivity index (χ4n) is 3.24. The van der Waals surface area contributed by atoms with Gasteiger partial charge in [0.25, 0.3) is 0 Å². The van der Waals surface area contributed by atoms with Crippen LogP contribution in [0, 0.1) is 0 Å². The minimum absolute atomic E-state index is 0.710. The number of anilines is 2. The van der Waals surface area contributed by atoms with E-state index in [-0.39, 0.29) is 0 Å². The minimum Gasteiger partial charge on any atom is -0.354 e. The second kappa shape index (κ2) is 6.41. The van der Waals surface area contributed by atoms with Crippen molar-refractivity contribution in [2.75, 3.05) is 5.32 Å². The van der Waals surface area contributed by atoms with E-state index >= 15 is 0 Å². The maximum Gasteiger partial charge on any atom is 0.165 e. The van der Waals surface area contributed by atoms with E-state index in [1.54, 1.807) is 0 Å². The SMILES string of the molecule is Clc1ccc(Nc2c3ccccc3nc3c2cnn3-c2ccccc2)cc1. The van der Waals surface area contributed by atoms with Crippen LogP contribution in [0.2, 0.25) is 5.02 Å². The second-order valence-corrected chi connectivity index (χ2v) is 6.70. The number of halogens is 1. The van der Waals surface area contributed by atoms with Gasteiger partial charge in [-0.15, -0.1) is 0 Å². The van der Waals surface area contributed by atoms with Crippen molar-refractivity contribution in [2.24, 2.45) is 0 Å². The summed E-state index contributed by atoms with van der Waals surface area (Å²) in [6.07, 6.45) is 1.86. The molecule has 0 atom stereocenters. The molecule has 0 radical (unpaired) electrons. The third-order valence-corrected chi connectivity index (χ3v) is 4.78. The number of nitrogens with one attached hydrogen (secondary N) is 1. The zero-order chi connectivity index (χ0) is 18.2. The molecule has 5 rings (SSSR count). The van der Waals surface area contributed by atoms with Crippen LogP contribution in [0.3, 0.4) is 0 Å². The van der Waals surface area contributed by atoms with Gasteiger partial charge in [0.15, 0.2) is 5.65 Å². The Balaban J connectivity index is 1.76. The molecular weight excluding hydrogens is 356 g/mol. The van der Waals surface area contributed by atoms with Crippen LogP contribution in [0.1, 0.15) is 0 Å². The van der Waals surface area contributed by atoms with Crippen LogP contribution in [0.25, 0.3) is 27.6 Å². The lowest BCUT2D eigenvalue weighted by atomic mass is 10.1. The summed E-state index contributed by atoms with van der Waals surface area (Å²) in [6.45, 7) is 0. The van der Waals surface area contributed by atoms with Crippen LogP contribution in [0.4, 0.5) is 11.4 Å². The number of benzene rings is 3. The van der Waals surface area contributed by atoms with Crippen molar-refractivity contribution >= 4 is 44.9 Å². The highest BCUT2D eigenvalue weighted by atomic mass is 35.5. The molecule has 130 valence electrons. The lowest BCUT2D eigenvalue weighted by Crippen LogP contribution is -1.99. The third-order valence-electron chi connectivity index (χ3n) is 4.53. The van der Waals surface area contributed by atoms with Gasteiger partial charge in [-0.1, -0.05) is 48.0 Å². The number of fused-ring (bicyclic) bond motifs is 2. The fraction of sp³-hybridized carbons (Fsp3) is 0. The van der Waals surface area contributed by atoms with Gasteiger partial charge in [0.1, 0.15) is 0 Å². The molecule has 0 saturated heterocycles. The van der Waals surface area contributed by atoms with Crippen LogP contribution >= 0.6 is 11.6 Å². The Morgan fingerprint density at radius 1 is 0.778 bits per heavy atom. The third kappa shape index (κ3) is 2.80. The van der Waals surface area contributed by atoms with Crippen molar-refractivity contribution < 1.29 is 0 Å². The molecule has 0 fully saturated rings. The first-order chi connectivity index (χ1) is 13.3. The number of para-hydroxylation sites is 2. The summed E-state index contributed by atoms with van der Waals surface area (Å²) in [6, 6.07) is 25.8. The van der Waals surface area contributed by atoms with Gasteiger partial charge >= 0.3 is 0 Å². The minimum atomic E-state index is 0.710. The Hall–Kier alpha value is -3.37. The fourth-order valence-corrected chi connectivity index (χ4v) is 3.36. The smallest absolute Gasteiger partial charge is 0.165 e. The van der Waals surface area contributed by atoms with Gasteiger partial charge in [-0.3, -0.25) is 0 Å². The van der Waals surface area contributed by atoms with E-state index in [0.717, 1.165) is 39.0 Å². The summed E-state index contributed by atoms with van der Waals surface area (Å²) in [5, 5.41) is 10.9. The molecule has 2 heterocycles. The first kappa shape index (κ1) is 15.9. The topological polar surface area (TPSA) is 42.7 Å². The van der Waals surface area contributed by atoms with Gasteiger partial charge in [-0.25, -0.2) is 9.67 Å². The Labute approximate surface area is 161 Å². The number of rotatable bonds is 3. The predicted molar refractivity (Wildman–Crippen MR) is 111 cm³/mol. The largest absolute Gasteiger partial charge is 0.354 e. The second-order valence-electron chi connectivity index (χ2n) is 6.27. The molecule has 0 aliphatic rings. The maximum atomic E-state index is 6.02. The van der Waals surface area contributed by atoms with Crippen LogP contribution in [0.15, 0.2) is 85.1 Å². The molecule has 2 aromatic heterocycles. The number of pyridine rings is 1. The van der Waals surface area contributed by atoms with E-state index in [2.05, 4.69) is 16.5 Å². The molecule has 0 spiro atoms. The average Bonchev–Trinajstić information content (AvgIpc) is 3.14. The Bertz CT molecular complexity index is 1240. The summed E-state index contributed by atoms with van der Waals surface area (Å²) in [5.74, 6) is 0. The highest BCUT2D eigenvalue weighted by molar-refractivity contribution is 6.30. The standard InChI is InChI=1S/C22H15ClN4/c23-15-10-12-16(13-11-15)25-21-18-8-4-5-9-20(18)26-22-19(21)14-24-27(22)17-6-2-1-3-7-17/h1-14H,(H,25,26). The summed E-state index contributed by atoms with van der Waals surface area (Å²) >= 11 is 6.02. The lowest BCUT2D eigenvalue weighted by Gasteiger charge is -2.12. The van der Waals surface area contributed by atoms with Gasteiger partial charge in [-0.2, -0.15) is 5.10 Å². The van der Waals surface area contributed by atoms with Gasteiger partial charge in [0, 0.05) is 16.1 Å². The van der Waals surface area contributed by atoms with Gasteiger partial charge in [0.05, 0.1) is 28.5 Å². The average molecular weight is 371 g/mol. The normalized spacial score (nSPS) is 11.1. The Morgan fingerprint density at radius 3 is 2.33 bits per heavy atom. The molecule has 0 saturated carbocycles. The van der Waals surface area contributed by atoms with Crippen molar-refractivity contribution in [3.05, 3.63) is 90.1 Å². The van der Waals surface area contributed by atoms with Crippen LogP contribution < -0.4 is 5.32 Å². The van der Waals surface area contributed by atoms with E-state index < -0.39 is 0 Å². The quantitative estimate of drug-likeness (QED) is 0.425. The van der Waals surface area contributed by atoms with Crippen LogP contribution in [0.5, 0.6) is 0 Å². The molecule has 1 N–H and O–H groups in total.